The fourth-order valence-electron chi connectivity index (χ4n) is 3.32. The standard InChI is InChI=1S/C20H20ClN5O2/c1-10-18-14(9-16(12-4-5-12)23-19(18)26(3)25-10)20(28)24-17-8-13(22-11(2)27)6-7-15(17)21/h6-9,12H,4-5H2,1-3H3,(H,22,27)(H,24,28). The van der Waals surface area contributed by atoms with E-state index in [0.717, 1.165) is 29.6 Å². The number of anilines is 2. The summed E-state index contributed by atoms with van der Waals surface area (Å²) in [6.07, 6.45) is 2.17. The van der Waals surface area contributed by atoms with Crippen molar-refractivity contribution in [1.29, 1.82) is 0 Å². The number of carbonyl (C=O) groups is 2. The Labute approximate surface area is 167 Å². The molecule has 1 aromatic carbocycles. The van der Waals surface area contributed by atoms with Gasteiger partial charge in [-0.15, -0.1) is 0 Å². The van der Waals surface area contributed by atoms with Crippen LogP contribution in [0, 0.1) is 6.92 Å². The third-order valence-corrected chi connectivity index (χ3v) is 5.09. The molecule has 0 spiro atoms. The molecular weight excluding hydrogens is 378 g/mol. The van der Waals surface area contributed by atoms with Gasteiger partial charge in [-0.25, -0.2) is 4.98 Å². The van der Waals surface area contributed by atoms with Crippen LogP contribution in [-0.4, -0.2) is 26.6 Å². The van der Waals surface area contributed by atoms with Crippen LogP contribution in [0.25, 0.3) is 11.0 Å². The van der Waals surface area contributed by atoms with Crippen molar-refractivity contribution in [1.82, 2.24) is 14.8 Å². The zero-order chi connectivity index (χ0) is 20.0. The van der Waals surface area contributed by atoms with E-state index in [1.165, 1.54) is 6.92 Å². The number of nitrogens with zero attached hydrogens (tertiary/aromatic N) is 3. The van der Waals surface area contributed by atoms with Gasteiger partial charge < -0.3 is 10.6 Å². The molecule has 1 fully saturated rings. The normalized spacial score (nSPS) is 13.6. The van der Waals surface area contributed by atoms with Crippen LogP contribution in [0.1, 0.15) is 47.4 Å². The zero-order valence-electron chi connectivity index (χ0n) is 15.8. The van der Waals surface area contributed by atoms with Crippen molar-refractivity contribution in [3.05, 3.63) is 46.2 Å². The van der Waals surface area contributed by atoms with Crippen LogP contribution in [0.2, 0.25) is 5.02 Å². The van der Waals surface area contributed by atoms with E-state index in [4.69, 9.17) is 16.6 Å². The molecule has 0 atom stereocenters. The number of hydrogen-bond donors (Lipinski definition) is 2. The summed E-state index contributed by atoms with van der Waals surface area (Å²) in [7, 11) is 1.83. The van der Waals surface area contributed by atoms with Crippen LogP contribution in [0.4, 0.5) is 11.4 Å². The van der Waals surface area contributed by atoms with Gasteiger partial charge >= 0.3 is 0 Å². The van der Waals surface area contributed by atoms with Crippen molar-refractivity contribution in [2.45, 2.75) is 32.6 Å². The maximum absolute atomic E-state index is 13.1. The highest BCUT2D eigenvalue weighted by Crippen LogP contribution is 2.40. The Balaban J connectivity index is 1.74. The van der Waals surface area contributed by atoms with Gasteiger partial charge in [0, 0.05) is 31.3 Å². The lowest BCUT2D eigenvalue weighted by atomic mass is 10.1. The molecule has 0 unspecified atom stereocenters. The maximum Gasteiger partial charge on any atom is 0.256 e. The van der Waals surface area contributed by atoms with Gasteiger partial charge in [0.2, 0.25) is 5.91 Å². The first-order valence-corrected chi connectivity index (χ1v) is 9.44. The molecule has 2 aromatic heterocycles. The molecule has 1 saturated carbocycles. The van der Waals surface area contributed by atoms with Crippen molar-refractivity contribution in [2.75, 3.05) is 10.6 Å². The van der Waals surface area contributed by atoms with Gasteiger partial charge in [0.1, 0.15) is 0 Å². The molecule has 7 nitrogen and oxygen atoms in total. The molecule has 8 heteroatoms. The topological polar surface area (TPSA) is 88.9 Å². The number of amides is 2. The highest BCUT2D eigenvalue weighted by Gasteiger charge is 2.28. The second-order valence-electron chi connectivity index (χ2n) is 7.11. The number of halogens is 1. The summed E-state index contributed by atoms with van der Waals surface area (Å²) in [5, 5.41) is 11.1. The van der Waals surface area contributed by atoms with Gasteiger partial charge in [-0.2, -0.15) is 5.10 Å². The van der Waals surface area contributed by atoms with E-state index in [2.05, 4.69) is 15.7 Å². The number of fused-ring (bicyclic) bond motifs is 1. The summed E-state index contributed by atoms with van der Waals surface area (Å²) in [6, 6.07) is 6.81. The van der Waals surface area contributed by atoms with E-state index in [1.54, 1.807) is 22.9 Å². The number of benzene rings is 1. The summed E-state index contributed by atoms with van der Waals surface area (Å²) < 4.78 is 1.71. The second kappa shape index (κ2) is 6.91. The van der Waals surface area contributed by atoms with Gasteiger partial charge in [0.25, 0.3) is 5.91 Å². The molecule has 4 rings (SSSR count). The average molecular weight is 398 g/mol. The Morgan fingerprint density at radius 2 is 1.96 bits per heavy atom. The Morgan fingerprint density at radius 1 is 1.21 bits per heavy atom. The first-order chi connectivity index (χ1) is 13.3. The zero-order valence-corrected chi connectivity index (χ0v) is 16.6. The molecule has 3 aromatic rings. The van der Waals surface area contributed by atoms with Gasteiger partial charge in [-0.05, 0) is 44.0 Å². The molecule has 1 aliphatic rings. The van der Waals surface area contributed by atoms with Gasteiger partial charge in [-0.1, -0.05) is 11.6 Å². The summed E-state index contributed by atoms with van der Waals surface area (Å²) in [5.41, 5.74) is 3.87. The quantitative estimate of drug-likeness (QED) is 0.695. The highest BCUT2D eigenvalue weighted by atomic mass is 35.5. The molecule has 0 aliphatic heterocycles. The Bertz CT molecular complexity index is 1120. The van der Waals surface area contributed by atoms with Crippen molar-refractivity contribution in [2.24, 2.45) is 7.05 Å². The van der Waals surface area contributed by atoms with Crippen molar-refractivity contribution in [3.8, 4) is 0 Å². The average Bonchev–Trinajstić information content (AvgIpc) is 3.44. The van der Waals surface area contributed by atoms with E-state index in [9.17, 15) is 9.59 Å². The van der Waals surface area contributed by atoms with Gasteiger partial charge in [0.05, 0.1) is 27.4 Å². The van der Waals surface area contributed by atoms with Crippen LogP contribution in [0.15, 0.2) is 24.3 Å². The first kappa shape index (κ1) is 18.4. The lowest BCUT2D eigenvalue weighted by molar-refractivity contribution is -0.114. The lowest BCUT2D eigenvalue weighted by Crippen LogP contribution is -2.14. The number of aryl methyl sites for hydroxylation is 2. The van der Waals surface area contributed by atoms with Gasteiger partial charge in [-0.3, -0.25) is 14.3 Å². The summed E-state index contributed by atoms with van der Waals surface area (Å²) in [5.74, 6) is -0.0828. The molecule has 2 N–H and O–H groups in total. The molecule has 0 bridgehead atoms. The van der Waals surface area contributed by atoms with Crippen molar-refractivity contribution in [3.63, 3.8) is 0 Å². The Hall–Kier alpha value is -2.93. The predicted octanol–water partition coefficient (Wildman–Crippen LogP) is 4.02. The fourth-order valence-corrected chi connectivity index (χ4v) is 3.49. The molecule has 28 heavy (non-hydrogen) atoms. The summed E-state index contributed by atoms with van der Waals surface area (Å²) >= 11 is 6.25. The van der Waals surface area contributed by atoms with Crippen molar-refractivity contribution < 1.29 is 9.59 Å². The van der Waals surface area contributed by atoms with Crippen LogP contribution in [-0.2, 0) is 11.8 Å². The Kier molecular flexibility index (Phi) is 4.55. The molecule has 0 radical (unpaired) electrons. The van der Waals surface area contributed by atoms with Crippen LogP contribution in [0.3, 0.4) is 0 Å². The number of nitrogens with one attached hydrogen (secondary N) is 2. The van der Waals surface area contributed by atoms with Crippen LogP contribution < -0.4 is 10.6 Å². The minimum absolute atomic E-state index is 0.199. The largest absolute Gasteiger partial charge is 0.326 e. The highest BCUT2D eigenvalue weighted by molar-refractivity contribution is 6.34. The smallest absolute Gasteiger partial charge is 0.256 e. The van der Waals surface area contributed by atoms with E-state index in [1.807, 2.05) is 20.0 Å². The third kappa shape index (κ3) is 3.45. The number of carbonyl (C=O) groups excluding carboxylic acids is 2. The summed E-state index contributed by atoms with van der Waals surface area (Å²) in [4.78, 5) is 29.2. The van der Waals surface area contributed by atoms with Gasteiger partial charge in [0.15, 0.2) is 5.65 Å². The number of aromatic nitrogens is 3. The fraction of sp³-hybridized carbons (Fsp3) is 0.300. The monoisotopic (exact) mass is 397 g/mol. The molecule has 2 amide bonds. The number of rotatable bonds is 4. The predicted molar refractivity (Wildman–Crippen MR) is 109 cm³/mol. The molecule has 0 saturated heterocycles. The maximum atomic E-state index is 13.1. The molecule has 144 valence electrons. The summed E-state index contributed by atoms with van der Waals surface area (Å²) in [6.45, 7) is 3.28. The SMILES string of the molecule is CC(=O)Nc1ccc(Cl)c(NC(=O)c2cc(C3CC3)nc3c2c(C)nn3C)c1. The minimum Gasteiger partial charge on any atom is -0.326 e. The molecule has 2 heterocycles. The van der Waals surface area contributed by atoms with E-state index >= 15 is 0 Å². The molecular formula is C20H20ClN5O2. The van der Waals surface area contributed by atoms with Crippen LogP contribution >= 0.6 is 11.6 Å². The third-order valence-electron chi connectivity index (χ3n) is 4.76. The van der Waals surface area contributed by atoms with E-state index < -0.39 is 0 Å². The van der Waals surface area contributed by atoms with Crippen LogP contribution in [0.5, 0.6) is 0 Å². The lowest BCUT2D eigenvalue weighted by Gasteiger charge is -2.12. The minimum atomic E-state index is -0.285. The molecule has 1 aliphatic carbocycles. The van der Waals surface area contributed by atoms with E-state index in [-0.39, 0.29) is 11.8 Å². The first-order valence-electron chi connectivity index (χ1n) is 9.06. The number of hydrogen-bond acceptors (Lipinski definition) is 4. The number of pyridine rings is 1. The van der Waals surface area contributed by atoms with E-state index in [0.29, 0.717) is 33.5 Å². The van der Waals surface area contributed by atoms with Crippen molar-refractivity contribution >= 4 is 45.8 Å². The Morgan fingerprint density at radius 3 is 2.64 bits per heavy atom. The second-order valence-corrected chi connectivity index (χ2v) is 7.51.